The second-order valence-electron chi connectivity index (χ2n) is 7.49. The lowest BCUT2D eigenvalue weighted by Gasteiger charge is -2.37. The second-order valence-corrected chi connectivity index (χ2v) is 7.49. The molecule has 2 aliphatic heterocycles. The highest BCUT2D eigenvalue weighted by Gasteiger charge is 2.52. The molecule has 2 saturated heterocycles. The molecule has 1 aromatic carbocycles. The van der Waals surface area contributed by atoms with Gasteiger partial charge in [0.05, 0.1) is 0 Å². The largest absolute Gasteiger partial charge is 0.325 e. The van der Waals surface area contributed by atoms with Gasteiger partial charge in [0.1, 0.15) is 11.4 Å². The van der Waals surface area contributed by atoms with E-state index in [1.165, 1.54) is 11.0 Å². The van der Waals surface area contributed by atoms with Gasteiger partial charge in [-0.15, -0.1) is 12.4 Å². The average Bonchev–Trinajstić information content (AvgIpc) is 3.20. The van der Waals surface area contributed by atoms with E-state index in [1.54, 1.807) is 12.1 Å². The van der Waals surface area contributed by atoms with E-state index in [0.29, 0.717) is 13.1 Å². The first kappa shape index (κ1) is 20.0. The van der Waals surface area contributed by atoms with E-state index in [1.807, 2.05) is 6.07 Å². The normalized spacial score (nSPS) is 24.9. The van der Waals surface area contributed by atoms with Crippen LogP contribution in [0.5, 0.6) is 0 Å². The summed E-state index contributed by atoms with van der Waals surface area (Å²) in [6, 6.07) is 6.42. The Bertz CT molecular complexity index is 711. The summed E-state index contributed by atoms with van der Waals surface area (Å²) in [7, 11) is 0. The zero-order valence-electron chi connectivity index (χ0n) is 15.2. The molecule has 1 aromatic rings. The zero-order chi connectivity index (χ0) is 18.1. The molecule has 3 fully saturated rings. The summed E-state index contributed by atoms with van der Waals surface area (Å²) >= 11 is 0. The molecule has 4 rings (SSSR count). The molecular formula is C19H26ClFN4O2. The lowest BCUT2D eigenvalue weighted by molar-refractivity contribution is -0.131. The monoisotopic (exact) mass is 396 g/mol. The van der Waals surface area contributed by atoms with Crippen LogP contribution < -0.4 is 10.6 Å². The number of nitrogens with one attached hydrogen (secondary N) is 2. The van der Waals surface area contributed by atoms with Crippen LogP contribution in [0.2, 0.25) is 0 Å². The minimum Gasteiger partial charge on any atom is -0.323 e. The molecule has 0 radical (unpaired) electrons. The highest BCUT2D eigenvalue weighted by molar-refractivity contribution is 6.07. The number of imide groups is 1. The molecule has 1 aliphatic carbocycles. The Morgan fingerprint density at radius 1 is 1.19 bits per heavy atom. The van der Waals surface area contributed by atoms with Gasteiger partial charge in [0.15, 0.2) is 0 Å². The summed E-state index contributed by atoms with van der Waals surface area (Å²) in [6.07, 6.45) is 3.46. The standard InChI is InChI=1S/C19H25FN4O2.ClH/c20-15-5-3-4-14(12-15)16-13-21-8-9-23(16)10-11-24-17(25)19(22-18(24)26)6-1-2-7-19;/h3-5,12,16,21H,1-2,6-11,13H2,(H,22,26);1H. The molecule has 0 bridgehead atoms. The second kappa shape index (κ2) is 8.12. The van der Waals surface area contributed by atoms with Gasteiger partial charge in [-0.3, -0.25) is 14.6 Å². The molecule has 148 valence electrons. The van der Waals surface area contributed by atoms with Gasteiger partial charge in [0.2, 0.25) is 0 Å². The maximum Gasteiger partial charge on any atom is 0.325 e. The number of benzene rings is 1. The molecular weight excluding hydrogens is 371 g/mol. The fourth-order valence-corrected chi connectivity index (χ4v) is 4.48. The number of hydrogen-bond donors (Lipinski definition) is 2. The summed E-state index contributed by atoms with van der Waals surface area (Å²) in [5.74, 6) is -0.317. The summed E-state index contributed by atoms with van der Waals surface area (Å²) < 4.78 is 13.6. The number of amides is 3. The molecule has 3 amide bonds. The van der Waals surface area contributed by atoms with Crippen LogP contribution in [-0.4, -0.2) is 60.0 Å². The van der Waals surface area contributed by atoms with Crippen molar-refractivity contribution in [3.63, 3.8) is 0 Å². The molecule has 8 heteroatoms. The van der Waals surface area contributed by atoms with Crippen LogP contribution in [0.15, 0.2) is 24.3 Å². The summed E-state index contributed by atoms with van der Waals surface area (Å²) in [5.41, 5.74) is 0.268. The van der Waals surface area contributed by atoms with E-state index in [-0.39, 0.29) is 36.2 Å². The Morgan fingerprint density at radius 2 is 1.96 bits per heavy atom. The van der Waals surface area contributed by atoms with Gasteiger partial charge in [-0.05, 0) is 30.5 Å². The Balaban J connectivity index is 0.00000210. The Labute approximate surface area is 164 Å². The molecule has 1 atom stereocenters. The van der Waals surface area contributed by atoms with Crippen LogP contribution in [0.4, 0.5) is 9.18 Å². The molecule has 1 saturated carbocycles. The van der Waals surface area contributed by atoms with Crippen LogP contribution in [0, 0.1) is 5.82 Å². The topological polar surface area (TPSA) is 64.7 Å². The highest BCUT2D eigenvalue weighted by Crippen LogP contribution is 2.35. The summed E-state index contributed by atoms with van der Waals surface area (Å²) in [5, 5.41) is 6.27. The first-order valence-electron chi connectivity index (χ1n) is 9.43. The van der Waals surface area contributed by atoms with Crippen molar-refractivity contribution in [1.82, 2.24) is 20.4 Å². The number of piperazine rings is 1. The van der Waals surface area contributed by atoms with E-state index in [4.69, 9.17) is 0 Å². The van der Waals surface area contributed by atoms with Crippen LogP contribution >= 0.6 is 12.4 Å². The van der Waals surface area contributed by atoms with Gasteiger partial charge in [0.25, 0.3) is 5.91 Å². The number of carbonyl (C=O) groups is 2. The van der Waals surface area contributed by atoms with Gasteiger partial charge in [-0.2, -0.15) is 0 Å². The predicted octanol–water partition coefficient (Wildman–Crippen LogP) is 2.06. The Hall–Kier alpha value is -1.70. The van der Waals surface area contributed by atoms with Gasteiger partial charge in [-0.1, -0.05) is 25.0 Å². The van der Waals surface area contributed by atoms with E-state index < -0.39 is 5.54 Å². The number of nitrogens with zero attached hydrogens (tertiary/aromatic N) is 2. The van der Waals surface area contributed by atoms with Crippen molar-refractivity contribution in [2.24, 2.45) is 0 Å². The smallest absolute Gasteiger partial charge is 0.323 e. The molecule has 0 aromatic heterocycles. The molecule has 3 aliphatic rings. The van der Waals surface area contributed by atoms with Gasteiger partial charge in [0, 0.05) is 38.8 Å². The van der Waals surface area contributed by atoms with Crippen molar-refractivity contribution in [2.45, 2.75) is 37.3 Å². The summed E-state index contributed by atoms with van der Waals surface area (Å²) in [4.78, 5) is 28.7. The van der Waals surface area contributed by atoms with Gasteiger partial charge >= 0.3 is 6.03 Å². The van der Waals surface area contributed by atoms with Gasteiger partial charge < -0.3 is 10.6 Å². The molecule has 1 unspecified atom stereocenters. The summed E-state index contributed by atoms with van der Waals surface area (Å²) in [6.45, 7) is 3.34. The van der Waals surface area contributed by atoms with E-state index in [2.05, 4.69) is 15.5 Å². The van der Waals surface area contributed by atoms with E-state index in [9.17, 15) is 14.0 Å². The molecule has 2 N–H and O–H groups in total. The van der Waals surface area contributed by atoms with Crippen molar-refractivity contribution in [2.75, 3.05) is 32.7 Å². The van der Waals surface area contributed by atoms with E-state index in [0.717, 1.165) is 50.9 Å². The van der Waals surface area contributed by atoms with Crippen molar-refractivity contribution in [1.29, 1.82) is 0 Å². The quantitative estimate of drug-likeness (QED) is 0.765. The van der Waals surface area contributed by atoms with Crippen LogP contribution in [0.1, 0.15) is 37.3 Å². The number of carbonyl (C=O) groups excluding carboxylic acids is 2. The number of hydrogen-bond acceptors (Lipinski definition) is 4. The third kappa shape index (κ3) is 3.81. The van der Waals surface area contributed by atoms with Crippen molar-refractivity contribution >= 4 is 24.3 Å². The maximum absolute atomic E-state index is 13.6. The highest BCUT2D eigenvalue weighted by atomic mass is 35.5. The Morgan fingerprint density at radius 3 is 2.70 bits per heavy atom. The maximum atomic E-state index is 13.6. The van der Waals surface area contributed by atoms with Crippen LogP contribution in [0.3, 0.4) is 0 Å². The predicted molar refractivity (Wildman–Crippen MR) is 102 cm³/mol. The minimum atomic E-state index is -0.650. The molecule has 27 heavy (non-hydrogen) atoms. The lowest BCUT2D eigenvalue weighted by atomic mass is 9.98. The lowest BCUT2D eigenvalue weighted by Crippen LogP contribution is -2.49. The van der Waals surface area contributed by atoms with Gasteiger partial charge in [-0.25, -0.2) is 9.18 Å². The fraction of sp³-hybridized carbons (Fsp3) is 0.579. The van der Waals surface area contributed by atoms with Crippen molar-refractivity contribution in [3.05, 3.63) is 35.6 Å². The first-order chi connectivity index (χ1) is 12.6. The zero-order valence-corrected chi connectivity index (χ0v) is 16.1. The average molecular weight is 397 g/mol. The number of halogens is 2. The van der Waals surface area contributed by atoms with E-state index >= 15 is 0 Å². The molecule has 1 spiro atoms. The number of urea groups is 1. The third-order valence-electron chi connectivity index (χ3n) is 5.90. The molecule has 6 nitrogen and oxygen atoms in total. The minimum absolute atomic E-state index is 0. The fourth-order valence-electron chi connectivity index (χ4n) is 4.48. The van der Waals surface area contributed by atoms with Crippen molar-refractivity contribution in [3.8, 4) is 0 Å². The third-order valence-corrected chi connectivity index (χ3v) is 5.90. The SMILES string of the molecule is Cl.O=C1NC2(CCCC2)C(=O)N1CCN1CCNCC1c1cccc(F)c1. The van der Waals surface area contributed by atoms with Crippen LogP contribution in [-0.2, 0) is 4.79 Å². The number of rotatable bonds is 4. The first-order valence-corrected chi connectivity index (χ1v) is 9.43. The Kier molecular flexibility index (Phi) is 6.03. The molecule has 2 heterocycles. The van der Waals surface area contributed by atoms with Crippen molar-refractivity contribution < 1.29 is 14.0 Å². The van der Waals surface area contributed by atoms with Crippen LogP contribution in [0.25, 0.3) is 0 Å².